The molecule has 482 valence electrons. The zero-order valence-electron chi connectivity index (χ0n) is 51.3. The summed E-state index contributed by atoms with van der Waals surface area (Å²) in [5.74, 6) is -5.41. The molecule has 4 N–H and O–H groups in total. The average molecular weight is 1280 g/mol. The van der Waals surface area contributed by atoms with Gasteiger partial charge in [-0.05, 0) is 92.0 Å². The number of phenols is 4. The molecule has 18 heteroatoms. The lowest BCUT2D eigenvalue weighted by Crippen LogP contribution is -2.63. The van der Waals surface area contributed by atoms with E-state index in [1.165, 1.54) is 24.3 Å². The van der Waals surface area contributed by atoms with Crippen molar-refractivity contribution in [3.8, 4) is 62.9 Å². The van der Waals surface area contributed by atoms with E-state index in [-0.39, 0.29) is 98.3 Å². The Hall–Kier alpha value is -11.3. The maximum atomic E-state index is 15.4. The Labute approximate surface area is 547 Å². The van der Waals surface area contributed by atoms with Gasteiger partial charge in [-0.3, -0.25) is 4.79 Å². The minimum Gasteiger partial charge on any atom is -0.504 e. The molecular weight excluding hydrogens is 1210 g/mol. The second-order valence-electron chi connectivity index (χ2n) is 22.5. The number of ether oxygens (including phenoxy) is 11. The van der Waals surface area contributed by atoms with Crippen molar-refractivity contribution < 1.29 is 86.9 Å². The van der Waals surface area contributed by atoms with E-state index in [4.69, 9.17) is 52.1 Å². The molecule has 5 atom stereocenters. The molecule has 0 aliphatic carbocycles. The molecular formula is C77H66O18. The molecule has 0 aromatic heterocycles. The molecule has 2 aliphatic heterocycles. The van der Waals surface area contributed by atoms with E-state index in [9.17, 15) is 30.0 Å². The number of carbonyl (C=O) groups excluding carboxylic acids is 3. The van der Waals surface area contributed by atoms with Crippen LogP contribution in [0.15, 0.2) is 237 Å². The Balaban J connectivity index is 0.929. The summed E-state index contributed by atoms with van der Waals surface area (Å²) in [7, 11) is 0. The van der Waals surface area contributed by atoms with Crippen LogP contribution in [0.3, 0.4) is 0 Å². The largest absolute Gasteiger partial charge is 0.504 e. The fourth-order valence-corrected chi connectivity index (χ4v) is 11.1. The molecule has 0 amide bonds. The molecule has 2 bridgehead atoms. The third kappa shape index (κ3) is 16.1. The SMILES string of the molecule is O=C(Cc1cc(O)c(OCc2ccccc2)c(O)c1)O[C@H]1[C@@H]2OCc3ccccc3-c3ccccc3COC[C@H]1O[C@@H](OC(=O)c1cc(OCc3ccccc3)c(OCc3ccccc3)c(OCc3ccccc3)c1)[C@@H]2OC(=O)c1cc(O)c(OCc2ccccc2)c(O)c1. The number of hydrogen-bond donors (Lipinski definition) is 4. The molecule has 10 aromatic rings. The highest BCUT2D eigenvalue weighted by Crippen LogP contribution is 2.44. The number of hydrogen-bond acceptors (Lipinski definition) is 18. The first-order valence-corrected chi connectivity index (χ1v) is 30.7. The van der Waals surface area contributed by atoms with Crippen molar-refractivity contribution >= 4 is 17.9 Å². The number of esters is 3. The molecule has 0 radical (unpaired) electrons. The average Bonchev–Trinajstić information content (AvgIpc) is 0.786. The number of phenolic OH excluding ortho intramolecular Hbond substituents is 4. The van der Waals surface area contributed by atoms with E-state index in [1.54, 1.807) is 24.3 Å². The molecule has 12 rings (SSSR count). The van der Waals surface area contributed by atoms with Crippen molar-refractivity contribution in [2.75, 3.05) is 6.61 Å². The van der Waals surface area contributed by atoms with Crippen molar-refractivity contribution in [3.05, 3.63) is 292 Å². The number of rotatable bonds is 22. The van der Waals surface area contributed by atoms with E-state index in [0.717, 1.165) is 56.6 Å². The minimum atomic E-state index is -1.92. The number of carbonyl (C=O) groups is 3. The normalized spacial score (nSPS) is 16.6. The zero-order chi connectivity index (χ0) is 65.5. The van der Waals surface area contributed by atoms with Crippen LogP contribution in [0.4, 0.5) is 0 Å². The van der Waals surface area contributed by atoms with Gasteiger partial charge >= 0.3 is 17.9 Å². The second-order valence-corrected chi connectivity index (χ2v) is 22.5. The molecule has 2 aliphatic rings. The molecule has 0 saturated carbocycles. The molecule has 95 heavy (non-hydrogen) atoms. The summed E-state index contributed by atoms with van der Waals surface area (Å²) in [6.07, 6.45) is -8.84. The molecule has 18 nitrogen and oxygen atoms in total. The molecule has 0 unspecified atom stereocenters. The Morgan fingerprint density at radius 1 is 0.389 bits per heavy atom. The van der Waals surface area contributed by atoms with Gasteiger partial charge in [0.1, 0.15) is 45.2 Å². The highest BCUT2D eigenvalue weighted by molar-refractivity contribution is 5.92. The van der Waals surface area contributed by atoms with Gasteiger partial charge in [0.15, 0.2) is 46.7 Å². The number of benzene rings is 10. The summed E-state index contributed by atoms with van der Waals surface area (Å²) in [6.45, 7) is -0.394. The van der Waals surface area contributed by atoms with Gasteiger partial charge in [0.25, 0.3) is 0 Å². The fraction of sp³-hybridized carbons (Fsp3) is 0.182. The monoisotopic (exact) mass is 1280 g/mol. The number of fused-ring (bicyclic) bond motifs is 5. The van der Waals surface area contributed by atoms with Gasteiger partial charge in [0, 0.05) is 0 Å². The first-order chi connectivity index (χ1) is 46.5. The fourth-order valence-electron chi connectivity index (χ4n) is 11.1. The summed E-state index contributed by atoms with van der Waals surface area (Å²) in [5.41, 5.74) is 6.61. The maximum absolute atomic E-state index is 15.4. The van der Waals surface area contributed by atoms with Crippen LogP contribution in [-0.2, 0) is 85.9 Å². The summed E-state index contributed by atoms with van der Waals surface area (Å²) in [5, 5.41) is 45.1. The Morgan fingerprint density at radius 3 is 1.25 bits per heavy atom. The number of aromatic hydroxyl groups is 4. The molecule has 0 spiro atoms. The lowest BCUT2D eigenvalue weighted by Gasteiger charge is -2.44. The first-order valence-electron chi connectivity index (χ1n) is 30.7. The molecule has 1 saturated heterocycles. The van der Waals surface area contributed by atoms with Crippen LogP contribution >= 0.6 is 0 Å². The van der Waals surface area contributed by atoms with Crippen molar-refractivity contribution in [2.24, 2.45) is 0 Å². The predicted molar refractivity (Wildman–Crippen MR) is 347 cm³/mol. The topological polar surface area (TPSA) is 234 Å². The Morgan fingerprint density at radius 2 is 0.779 bits per heavy atom. The van der Waals surface area contributed by atoms with Crippen LogP contribution in [0.1, 0.15) is 65.2 Å². The molecule has 10 aromatic carbocycles. The van der Waals surface area contributed by atoms with Gasteiger partial charge in [-0.15, -0.1) is 0 Å². The minimum absolute atomic E-state index is 0.0188. The smallest absolute Gasteiger partial charge is 0.340 e. The van der Waals surface area contributed by atoms with E-state index in [2.05, 4.69) is 0 Å². The van der Waals surface area contributed by atoms with Crippen molar-refractivity contribution in [1.29, 1.82) is 0 Å². The summed E-state index contributed by atoms with van der Waals surface area (Å²) < 4.78 is 70.6. The molecule has 2 heterocycles. The van der Waals surface area contributed by atoms with Gasteiger partial charge in [0.05, 0.1) is 37.4 Å². The summed E-state index contributed by atoms with van der Waals surface area (Å²) in [4.78, 5) is 45.0. The van der Waals surface area contributed by atoms with Crippen molar-refractivity contribution in [1.82, 2.24) is 0 Å². The standard InChI is InChI=1S/C77H66O18/c78-61-34-54(35-62(79)69(61)88-43-51-24-10-3-11-25-51)36-68(82)93-72-67-48-85-46-55-30-16-18-32-59(55)60-33-19-17-31-56(60)47-91-73(72)74(94-75(83)57-37-63(80)70(64(81)38-57)89-44-52-26-12-4-13-27-52)77(92-67)95-76(84)58-39-65(86-41-49-20-6-1-7-21-49)71(90-45-53-28-14-5-15-29-53)66(40-58)87-42-50-22-8-2-9-23-50/h1-35,37-40,67,72-74,77-81H,36,41-48H2/t67-,72-,73+,74-,77+/m1/s1. The van der Waals surface area contributed by atoms with Crippen LogP contribution in [0.5, 0.6) is 51.7 Å². The maximum Gasteiger partial charge on any atom is 0.340 e. The van der Waals surface area contributed by atoms with Crippen LogP contribution < -0.4 is 23.7 Å². The zero-order valence-corrected chi connectivity index (χ0v) is 51.3. The van der Waals surface area contributed by atoms with E-state index < -0.39 is 78.0 Å². The summed E-state index contributed by atoms with van der Waals surface area (Å²) >= 11 is 0. The quantitative estimate of drug-likeness (QED) is 0.0365. The Kier molecular flexibility index (Phi) is 20.4. The van der Waals surface area contributed by atoms with Crippen LogP contribution in [0.2, 0.25) is 0 Å². The summed E-state index contributed by atoms with van der Waals surface area (Å²) in [6, 6.07) is 68.9. The van der Waals surface area contributed by atoms with Crippen LogP contribution in [0.25, 0.3) is 11.1 Å². The van der Waals surface area contributed by atoms with Gasteiger partial charge in [-0.25, -0.2) is 9.59 Å². The highest BCUT2D eigenvalue weighted by Gasteiger charge is 2.53. The van der Waals surface area contributed by atoms with Gasteiger partial charge in [-0.1, -0.05) is 200 Å². The third-order valence-corrected chi connectivity index (χ3v) is 15.8. The van der Waals surface area contributed by atoms with Gasteiger partial charge in [-0.2, -0.15) is 0 Å². The second kappa shape index (κ2) is 30.4. The van der Waals surface area contributed by atoms with Crippen molar-refractivity contribution in [2.45, 2.75) is 83.4 Å². The van der Waals surface area contributed by atoms with Crippen LogP contribution in [0, 0.1) is 0 Å². The van der Waals surface area contributed by atoms with E-state index >= 15 is 4.79 Å². The third-order valence-electron chi connectivity index (χ3n) is 15.8. The lowest BCUT2D eigenvalue weighted by atomic mass is 9.94. The van der Waals surface area contributed by atoms with E-state index in [1.807, 2.05) is 176 Å². The predicted octanol–water partition coefficient (Wildman–Crippen LogP) is 13.4. The van der Waals surface area contributed by atoms with Crippen molar-refractivity contribution in [3.63, 3.8) is 0 Å². The highest BCUT2D eigenvalue weighted by atomic mass is 16.7. The van der Waals surface area contributed by atoms with E-state index in [0.29, 0.717) is 5.56 Å². The molecule has 1 fully saturated rings. The first kappa shape index (κ1) is 63.8. The van der Waals surface area contributed by atoms with Gasteiger partial charge < -0.3 is 72.5 Å². The lowest BCUT2D eigenvalue weighted by molar-refractivity contribution is -0.298. The van der Waals surface area contributed by atoms with Gasteiger partial charge in [0.2, 0.25) is 23.5 Å². The van der Waals surface area contributed by atoms with Crippen LogP contribution in [-0.4, -0.2) is 75.6 Å². The Bertz CT molecular complexity index is 4140.